The molecule has 6 nitrogen and oxygen atoms in total. The Morgan fingerprint density at radius 3 is 2.91 bits per heavy atom. The van der Waals surface area contributed by atoms with Gasteiger partial charge in [0.15, 0.2) is 5.82 Å². The molecule has 1 fully saturated rings. The highest BCUT2D eigenvalue weighted by molar-refractivity contribution is 5.60. The van der Waals surface area contributed by atoms with Gasteiger partial charge in [-0.15, -0.1) is 0 Å². The van der Waals surface area contributed by atoms with Gasteiger partial charge >= 0.3 is 0 Å². The molecule has 2 aromatic heterocycles. The van der Waals surface area contributed by atoms with E-state index in [2.05, 4.69) is 9.97 Å². The molecular formula is C16H19FN4O2. The van der Waals surface area contributed by atoms with Crippen molar-refractivity contribution in [2.75, 3.05) is 18.1 Å². The monoisotopic (exact) mass is 318 g/mol. The Balaban J connectivity index is 2.11. The summed E-state index contributed by atoms with van der Waals surface area (Å²) in [6, 6.07) is 2.93. The smallest absolute Gasteiger partial charge is 0.255 e. The molecule has 1 aliphatic heterocycles. The molecular weight excluding hydrogens is 299 g/mol. The minimum Gasteiger partial charge on any atom is -0.375 e. The van der Waals surface area contributed by atoms with Crippen LogP contribution in [0.15, 0.2) is 29.3 Å². The Morgan fingerprint density at radius 1 is 1.39 bits per heavy atom. The Kier molecular flexibility index (Phi) is 4.12. The molecule has 2 aromatic rings. The first-order valence-corrected chi connectivity index (χ1v) is 7.55. The minimum absolute atomic E-state index is 0.0296. The zero-order valence-corrected chi connectivity index (χ0v) is 13.4. The number of halogens is 1. The maximum Gasteiger partial charge on any atom is 0.255 e. The molecule has 1 aliphatic rings. The van der Waals surface area contributed by atoms with Gasteiger partial charge in [0, 0.05) is 31.4 Å². The topological polar surface area (TPSA) is 60.2 Å². The molecule has 0 N–H and O–H groups in total. The van der Waals surface area contributed by atoms with Gasteiger partial charge in [0.1, 0.15) is 0 Å². The molecule has 2 atom stereocenters. The Hall–Kier alpha value is -2.28. The van der Waals surface area contributed by atoms with Crippen molar-refractivity contribution in [2.45, 2.75) is 26.0 Å². The number of nitrogens with zero attached hydrogens (tertiary/aromatic N) is 4. The number of hydrogen-bond acceptors (Lipinski definition) is 5. The third kappa shape index (κ3) is 2.84. The van der Waals surface area contributed by atoms with E-state index in [4.69, 9.17) is 4.74 Å². The third-order valence-electron chi connectivity index (χ3n) is 4.30. The van der Waals surface area contributed by atoms with E-state index in [1.54, 1.807) is 7.05 Å². The van der Waals surface area contributed by atoms with Gasteiger partial charge in [0.05, 0.1) is 30.6 Å². The first-order chi connectivity index (χ1) is 11.0. The second kappa shape index (κ2) is 6.08. The Morgan fingerprint density at radius 2 is 2.17 bits per heavy atom. The SMILES string of the molecule is CC1OCCN(c2nc(-c3ccncc3F)cc(=O)n2C)C1C. The lowest BCUT2D eigenvalue weighted by Crippen LogP contribution is -2.50. The van der Waals surface area contributed by atoms with Crippen molar-refractivity contribution < 1.29 is 9.13 Å². The molecule has 0 bridgehead atoms. The summed E-state index contributed by atoms with van der Waals surface area (Å²) in [6.07, 6.45) is 2.63. The quantitative estimate of drug-likeness (QED) is 0.842. The number of aromatic nitrogens is 3. The second-order valence-electron chi connectivity index (χ2n) is 5.70. The van der Waals surface area contributed by atoms with E-state index in [-0.39, 0.29) is 23.3 Å². The Bertz CT molecular complexity index is 777. The zero-order valence-electron chi connectivity index (χ0n) is 13.4. The predicted octanol–water partition coefficient (Wildman–Crippen LogP) is 1.59. The molecule has 3 heterocycles. The van der Waals surface area contributed by atoms with E-state index < -0.39 is 5.82 Å². The van der Waals surface area contributed by atoms with Gasteiger partial charge in [0.2, 0.25) is 5.95 Å². The molecule has 2 unspecified atom stereocenters. The first kappa shape index (κ1) is 15.6. The van der Waals surface area contributed by atoms with Crippen molar-refractivity contribution in [3.8, 4) is 11.3 Å². The highest BCUT2D eigenvalue weighted by Crippen LogP contribution is 2.24. The van der Waals surface area contributed by atoms with Crippen LogP contribution in [0.5, 0.6) is 0 Å². The van der Waals surface area contributed by atoms with E-state index in [1.165, 1.54) is 22.9 Å². The number of ether oxygens (including phenoxy) is 1. The lowest BCUT2D eigenvalue weighted by Gasteiger charge is -2.39. The van der Waals surface area contributed by atoms with E-state index >= 15 is 0 Å². The summed E-state index contributed by atoms with van der Waals surface area (Å²) in [5, 5.41) is 0. The molecule has 7 heteroatoms. The summed E-state index contributed by atoms with van der Waals surface area (Å²) in [5.74, 6) is 0.0222. The van der Waals surface area contributed by atoms with E-state index in [0.29, 0.717) is 24.8 Å². The van der Waals surface area contributed by atoms with Crippen LogP contribution in [0.3, 0.4) is 0 Å². The average molecular weight is 318 g/mol. The molecule has 23 heavy (non-hydrogen) atoms. The van der Waals surface area contributed by atoms with Gasteiger partial charge in [0.25, 0.3) is 5.56 Å². The van der Waals surface area contributed by atoms with Crippen LogP contribution in [-0.4, -0.2) is 39.8 Å². The van der Waals surface area contributed by atoms with Gasteiger partial charge in [-0.2, -0.15) is 0 Å². The average Bonchev–Trinajstić information content (AvgIpc) is 2.53. The number of hydrogen-bond donors (Lipinski definition) is 0. The maximum atomic E-state index is 14.0. The van der Waals surface area contributed by atoms with E-state index in [1.807, 2.05) is 18.7 Å². The zero-order chi connectivity index (χ0) is 16.6. The number of rotatable bonds is 2. The predicted molar refractivity (Wildman–Crippen MR) is 84.9 cm³/mol. The molecule has 0 spiro atoms. The standard InChI is InChI=1S/C16H19FN4O2/c1-10-11(2)23-7-6-21(10)16-19-14(8-15(22)20(16)3)12-4-5-18-9-13(12)17/h4-5,8-11H,6-7H2,1-3H3. The molecule has 122 valence electrons. The van der Waals surface area contributed by atoms with Gasteiger partial charge in [-0.3, -0.25) is 14.3 Å². The van der Waals surface area contributed by atoms with Crippen LogP contribution in [0.1, 0.15) is 13.8 Å². The second-order valence-corrected chi connectivity index (χ2v) is 5.70. The summed E-state index contributed by atoms with van der Waals surface area (Å²) in [7, 11) is 1.67. The molecule has 0 radical (unpaired) electrons. The summed E-state index contributed by atoms with van der Waals surface area (Å²) < 4.78 is 21.1. The fourth-order valence-corrected chi connectivity index (χ4v) is 2.72. The van der Waals surface area contributed by atoms with E-state index in [9.17, 15) is 9.18 Å². The van der Waals surface area contributed by atoms with Gasteiger partial charge < -0.3 is 9.64 Å². The van der Waals surface area contributed by atoms with Crippen molar-refractivity contribution in [1.82, 2.24) is 14.5 Å². The van der Waals surface area contributed by atoms with Crippen LogP contribution in [0.4, 0.5) is 10.3 Å². The van der Waals surface area contributed by atoms with Crippen LogP contribution in [0, 0.1) is 5.82 Å². The van der Waals surface area contributed by atoms with E-state index in [0.717, 1.165) is 6.20 Å². The van der Waals surface area contributed by atoms with Crippen molar-refractivity contribution in [3.05, 3.63) is 40.7 Å². The molecule has 0 aromatic carbocycles. The van der Waals surface area contributed by atoms with Gasteiger partial charge in [-0.1, -0.05) is 0 Å². The highest BCUT2D eigenvalue weighted by atomic mass is 19.1. The first-order valence-electron chi connectivity index (χ1n) is 7.55. The van der Waals surface area contributed by atoms with Gasteiger partial charge in [-0.05, 0) is 19.9 Å². The van der Waals surface area contributed by atoms with Crippen LogP contribution in [0.2, 0.25) is 0 Å². The number of pyridine rings is 1. The molecule has 3 rings (SSSR count). The van der Waals surface area contributed by atoms with Crippen LogP contribution >= 0.6 is 0 Å². The fourth-order valence-electron chi connectivity index (χ4n) is 2.72. The summed E-state index contributed by atoms with van der Waals surface area (Å²) in [5.41, 5.74) is 0.356. The molecule has 1 saturated heterocycles. The van der Waals surface area contributed by atoms with Crippen molar-refractivity contribution in [3.63, 3.8) is 0 Å². The molecule has 0 aliphatic carbocycles. The number of anilines is 1. The van der Waals surface area contributed by atoms with Gasteiger partial charge in [-0.25, -0.2) is 9.37 Å². The fraction of sp³-hybridized carbons (Fsp3) is 0.438. The third-order valence-corrected chi connectivity index (χ3v) is 4.30. The van der Waals surface area contributed by atoms with Crippen molar-refractivity contribution in [2.24, 2.45) is 7.05 Å². The largest absolute Gasteiger partial charge is 0.375 e. The van der Waals surface area contributed by atoms with Crippen molar-refractivity contribution in [1.29, 1.82) is 0 Å². The lowest BCUT2D eigenvalue weighted by molar-refractivity contribution is 0.0274. The Labute approximate surface area is 133 Å². The normalized spacial score (nSPS) is 21.5. The van der Waals surface area contributed by atoms with Crippen molar-refractivity contribution >= 4 is 5.95 Å². The summed E-state index contributed by atoms with van der Waals surface area (Å²) in [4.78, 5) is 22.6. The lowest BCUT2D eigenvalue weighted by atomic mass is 10.1. The van der Waals surface area contributed by atoms with Crippen LogP contribution in [-0.2, 0) is 11.8 Å². The van der Waals surface area contributed by atoms with Crippen LogP contribution < -0.4 is 10.5 Å². The number of morpholine rings is 1. The highest BCUT2D eigenvalue weighted by Gasteiger charge is 2.28. The summed E-state index contributed by atoms with van der Waals surface area (Å²) in [6.45, 7) is 5.21. The molecule has 0 saturated carbocycles. The molecule has 0 amide bonds. The minimum atomic E-state index is -0.498. The van der Waals surface area contributed by atoms with Crippen LogP contribution in [0.25, 0.3) is 11.3 Å². The maximum absolute atomic E-state index is 14.0. The summed E-state index contributed by atoms with van der Waals surface area (Å²) >= 11 is 0.